The number of hydrogen-bond acceptors (Lipinski definition) is 4. The first kappa shape index (κ1) is 12.0. The van der Waals surface area contributed by atoms with Gasteiger partial charge in [-0.1, -0.05) is 0 Å². The Hall–Kier alpha value is -2.44. The number of aromatic carboxylic acids is 1. The van der Waals surface area contributed by atoms with E-state index in [1.807, 2.05) is 0 Å². The second-order valence-corrected chi connectivity index (χ2v) is 3.82. The van der Waals surface area contributed by atoms with E-state index in [-0.39, 0.29) is 16.6 Å². The molecule has 0 aliphatic heterocycles. The van der Waals surface area contributed by atoms with E-state index in [0.29, 0.717) is 12.2 Å². The van der Waals surface area contributed by atoms with Gasteiger partial charge < -0.3 is 5.11 Å². The number of H-pyrrole nitrogens is 1. The summed E-state index contributed by atoms with van der Waals surface area (Å²) >= 11 is 0. The van der Waals surface area contributed by atoms with Crippen LogP contribution in [-0.2, 0) is 6.54 Å². The zero-order chi connectivity index (χ0) is 13.4. The average Bonchev–Trinajstić information content (AvgIpc) is 2.27. The van der Waals surface area contributed by atoms with Crippen molar-refractivity contribution in [1.29, 1.82) is 0 Å². The lowest BCUT2D eigenvalue weighted by Crippen LogP contribution is -2.31. The Morgan fingerprint density at radius 1 is 1.50 bits per heavy atom. The second-order valence-electron chi connectivity index (χ2n) is 3.82. The summed E-state index contributed by atoms with van der Waals surface area (Å²) < 4.78 is 1.23. The van der Waals surface area contributed by atoms with Crippen molar-refractivity contribution in [1.82, 2.24) is 14.5 Å². The van der Waals surface area contributed by atoms with Crippen molar-refractivity contribution in [2.45, 2.75) is 20.4 Å². The van der Waals surface area contributed by atoms with Crippen molar-refractivity contribution in [3.05, 3.63) is 38.2 Å². The number of aromatic amines is 1. The molecular weight excluding hydrogens is 238 g/mol. The van der Waals surface area contributed by atoms with Crippen LogP contribution in [-0.4, -0.2) is 25.6 Å². The molecule has 0 radical (unpaired) electrons. The van der Waals surface area contributed by atoms with Crippen LogP contribution in [0.25, 0.3) is 11.0 Å². The van der Waals surface area contributed by atoms with Crippen LogP contribution < -0.4 is 11.2 Å². The van der Waals surface area contributed by atoms with Gasteiger partial charge in [-0.05, 0) is 19.9 Å². The zero-order valence-corrected chi connectivity index (χ0v) is 9.85. The van der Waals surface area contributed by atoms with Gasteiger partial charge in [-0.3, -0.25) is 14.3 Å². The van der Waals surface area contributed by atoms with Crippen LogP contribution in [0.3, 0.4) is 0 Å². The molecule has 0 amide bonds. The number of carboxylic acids is 1. The van der Waals surface area contributed by atoms with Gasteiger partial charge in [0.15, 0.2) is 5.65 Å². The van der Waals surface area contributed by atoms with Crippen LogP contribution in [0, 0.1) is 6.92 Å². The number of aryl methyl sites for hydroxylation is 2. The van der Waals surface area contributed by atoms with Gasteiger partial charge in [0.05, 0.1) is 10.9 Å². The van der Waals surface area contributed by atoms with E-state index < -0.39 is 17.2 Å². The minimum absolute atomic E-state index is 0.0745. The number of nitrogens with zero attached hydrogens (tertiary/aromatic N) is 2. The van der Waals surface area contributed by atoms with Gasteiger partial charge in [-0.25, -0.2) is 14.6 Å². The minimum Gasteiger partial charge on any atom is -0.478 e. The van der Waals surface area contributed by atoms with E-state index in [1.54, 1.807) is 13.8 Å². The summed E-state index contributed by atoms with van der Waals surface area (Å²) in [6.45, 7) is 3.61. The molecule has 0 atom stereocenters. The van der Waals surface area contributed by atoms with Crippen LogP contribution in [0.15, 0.2) is 15.7 Å². The zero-order valence-electron chi connectivity index (χ0n) is 9.85. The molecule has 94 valence electrons. The topological polar surface area (TPSA) is 105 Å². The molecule has 0 fully saturated rings. The van der Waals surface area contributed by atoms with Gasteiger partial charge in [0, 0.05) is 12.2 Å². The fourth-order valence-corrected chi connectivity index (χ4v) is 1.86. The second kappa shape index (κ2) is 4.10. The van der Waals surface area contributed by atoms with Crippen LogP contribution in [0.4, 0.5) is 0 Å². The molecule has 2 aromatic rings. The van der Waals surface area contributed by atoms with E-state index in [0.717, 1.165) is 0 Å². The lowest BCUT2D eigenvalue weighted by molar-refractivity contribution is 0.0698. The lowest BCUT2D eigenvalue weighted by Gasteiger charge is -2.08. The summed E-state index contributed by atoms with van der Waals surface area (Å²) in [4.78, 5) is 40.7. The van der Waals surface area contributed by atoms with Crippen molar-refractivity contribution < 1.29 is 9.90 Å². The summed E-state index contributed by atoms with van der Waals surface area (Å²) in [5.41, 5.74) is -0.939. The van der Waals surface area contributed by atoms with Crippen molar-refractivity contribution >= 4 is 17.0 Å². The Labute approximate surface area is 101 Å². The van der Waals surface area contributed by atoms with E-state index in [2.05, 4.69) is 9.97 Å². The highest BCUT2D eigenvalue weighted by Crippen LogP contribution is 2.13. The smallest absolute Gasteiger partial charge is 0.336 e. The third-order valence-electron chi connectivity index (χ3n) is 2.62. The number of hydrogen-bond donors (Lipinski definition) is 2. The molecule has 2 N–H and O–H groups in total. The number of nitrogens with one attached hydrogen (secondary N) is 1. The molecule has 0 saturated carbocycles. The minimum atomic E-state index is -1.22. The Balaban J connectivity index is 3.13. The van der Waals surface area contributed by atoms with Crippen molar-refractivity contribution in [3.8, 4) is 0 Å². The molecule has 18 heavy (non-hydrogen) atoms. The van der Waals surface area contributed by atoms with Gasteiger partial charge >= 0.3 is 11.7 Å². The van der Waals surface area contributed by atoms with Gasteiger partial charge in [-0.2, -0.15) is 0 Å². The van der Waals surface area contributed by atoms with E-state index >= 15 is 0 Å². The SMILES string of the molecule is CCn1c(=O)[nH]c(=O)c2c(C(=O)O)cc(C)nc21. The number of carboxylic acid groups (broad SMARTS) is 1. The molecule has 2 rings (SSSR count). The molecule has 0 saturated heterocycles. The number of carbonyl (C=O) groups is 1. The van der Waals surface area contributed by atoms with Crippen LogP contribution in [0.5, 0.6) is 0 Å². The molecule has 0 aliphatic carbocycles. The molecular formula is C11H11N3O4. The van der Waals surface area contributed by atoms with Crippen molar-refractivity contribution in [3.63, 3.8) is 0 Å². The summed E-state index contributed by atoms with van der Waals surface area (Å²) in [5, 5.41) is 9.02. The maximum absolute atomic E-state index is 11.7. The average molecular weight is 249 g/mol. The lowest BCUT2D eigenvalue weighted by atomic mass is 10.1. The Bertz CT molecular complexity index is 757. The molecule has 7 nitrogen and oxygen atoms in total. The molecule has 7 heteroatoms. The number of fused-ring (bicyclic) bond motifs is 1. The Morgan fingerprint density at radius 3 is 2.72 bits per heavy atom. The molecule has 2 heterocycles. The predicted molar refractivity (Wildman–Crippen MR) is 64.0 cm³/mol. The van der Waals surface area contributed by atoms with Gasteiger partial charge in [-0.15, -0.1) is 0 Å². The highest BCUT2D eigenvalue weighted by Gasteiger charge is 2.17. The number of aromatic nitrogens is 3. The maximum atomic E-state index is 11.7. The normalized spacial score (nSPS) is 10.8. The fraction of sp³-hybridized carbons (Fsp3) is 0.273. The molecule has 0 unspecified atom stereocenters. The first-order chi connectivity index (χ1) is 8.45. The highest BCUT2D eigenvalue weighted by molar-refractivity contribution is 6.01. The van der Waals surface area contributed by atoms with Crippen LogP contribution in [0.1, 0.15) is 23.0 Å². The van der Waals surface area contributed by atoms with E-state index in [9.17, 15) is 14.4 Å². The molecule has 2 aromatic heterocycles. The van der Waals surface area contributed by atoms with Crippen LogP contribution >= 0.6 is 0 Å². The van der Waals surface area contributed by atoms with Crippen molar-refractivity contribution in [2.75, 3.05) is 0 Å². The molecule has 0 aliphatic rings. The maximum Gasteiger partial charge on any atom is 0.336 e. The van der Waals surface area contributed by atoms with Gasteiger partial charge in [0.1, 0.15) is 0 Å². The summed E-state index contributed by atoms with van der Waals surface area (Å²) in [7, 11) is 0. The number of pyridine rings is 1. The summed E-state index contributed by atoms with van der Waals surface area (Å²) in [5.74, 6) is -1.22. The van der Waals surface area contributed by atoms with Crippen LogP contribution in [0.2, 0.25) is 0 Å². The monoisotopic (exact) mass is 249 g/mol. The first-order valence-corrected chi connectivity index (χ1v) is 5.33. The van der Waals surface area contributed by atoms with Gasteiger partial charge in [0.25, 0.3) is 5.56 Å². The largest absolute Gasteiger partial charge is 0.478 e. The Kier molecular flexibility index (Phi) is 2.74. The van der Waals surface area contributed by atoms with E-state index in [4.69, 9.17) is 5.11 Å². The third kappa shape index (κ3) is 1.69. The third-order valence-corrected chi connectivity index (χ3v) is 2.62. The summed E-state index contributed by atoms with van der Waals surface area (Å²) in [6.07, 6.45) is 0. The van der Waals surface area contributed by atoms with Gasteiger partial charge in [0.2, 0.25) is 0 Å². The van der Waals surface area contributed by atoms with E-state index in [1.165, 1.54) is 10.6 Å². The molecule has 0 spiro atoms. The fourth-order valence-electron chi connectivity index (χ4n) is 1.86. The molecule has 0 aromatic carbocycles. The highest BCUT2D eigenvalue weighted by atomic mass is 16.4. The van der Waals surface area contributed by atoms with Crippen molar-refractivity contribution in [2.24, 2.45) is 0 Å². The Morgan fingerprint density at radius 2 is 2.17 bits per heavy atom. The predicted octanol–water partition coefficient (Wildman–Crippen LogP) is 0.111. The molecule has 0 bridgehead atoms. The standard InChI is InChI=1S/C11H11N3O4/c1-3-14-8-7(9(15)13-11(14)18)6(10(16)17)4-5(2)12-8/h4H,3H2,1-2H3,(H,16,17)(H,13,15,18). The summed E-state index contributed by atoms with van der Waals surface area (Å²) in [6, 6.07) is 1.31. The number of rotatable bonds is 2. The first-order valence-electron chi connectivity index (χ1n) is 5.33. The quantitative estimate of drug-likeness (QED) is 0.786.